The van der Waals surface area contributed by atoms with E-state index in [2.05, 4.69) is 0 Å². The second kappa shape index (κ2) is 3.78. The Kier molecular flexibility index (Phi) is 2.43. The van der Waals surface area contributed by atoms with Crippen LogP contribution in [0.5, 0.6) is 0 Å². The molecule has 1 aromatic carbocycles. The Morgan fingerprint density at radius 2 is 1.05 bits per heavy atom. The van der Waals surface area contributed by atoms with Crippen molar-refractivity contribution in [2.45, 2.75) is 26.3 Å². The van der Waals surface area contributed by atoms with Gasteiger partial charge in [-0.3, -0.25) is 28.3 Å². The molecule has 6 nitrogen and oxygen atoms in total. The highest BCUT2D eigenvalue weighted by atomic mass is 16.2. The number of fused-ring (bicyclic) bond motifs is 2. The van der Waals surface area contributed by atoms with Gasteiger partial charge in [-0.15, -0.1) is 0 Å². The molecule has 0 radical (unpaired) electrons. The fourth-order valence-corrected chi connectivity index (χ4v) is 2.70. The minimum absolute atomic E-state index is 0.179. The molecule has 0 spiro atoms. The number of hydrogen-bond donors (Lipinski definition) is 0. The smallest absolute Gasteiger partial charge is 0.262 e. The summed E-state index contributed by atoms with van der Waals surface area (Å²) in [6.07, 6.45) is 0. The van der Waals surface area contributed by atoms with E-state index in [1.54, 1.807) is 20.8 Å². The Morgan fingerprint density at radius 1 is 0.714 bits per heavy atom. The van der Waals surface area contributed by atoms with E-state index in [0.717, 1.165) is 9.13 Å². The van der Waals surface area contributed by atoms with E-state index < -0.39 is 27.8 Å². The summed E-state index contributed by atoms with van der Waals surface area (Å²) in [6, 6.07) is 2.72. The standard InChI is InChI=1S/C15H14N2O4/c1-15(2,3)17-13(20)9-5-7-8(6-10(9)14(17)21)12(19)16(4)11(7)18/h5-6H,1-4H3. The average molecular weight is 286 g/mol. The van der Waals surface area contributed by atoms with Crippen LogP contribution in [0.1, 0.15) is 20.8 Å². The summed E-state index contributed by atoms with van der Waals surface area (Å²) in [7, 11) is 1.38. The molecule has 108 valence electrons. The largest absolute Gasteiger partial charge is 0.277 e. The van der Waals surface area contributed by atoms with E-state index in [0.29, 0.717) is 0 Å². The van der Waals surface area contributed by atoms with Crippen LogP contribution in [0.4, 0.5) is 0 Å². The lowest BCUT2D eigenvalue weighted by Crippen LogP contribution is -2.38. The number of hydrogen-bond acceptors (Lipinski definition) is 4. The maximum absolute atomic E-state index is 12.4. The normalized spacial score (nSPS) is 12.6. The fourth-order valence-electron chi connectivity index (χ4n) is 2.70. The van der Waals surface area contributed by atoms with E-state index in [-0.39, 0.29) is 21.5 Å². The molecular weight excluding hydrogens is 272 g/mol. The highest BCUT2D eigenvalue weighted by Crippen LogP contribution is 2.17. The van der Waals surface area contributed by atoms with Crippen LogP contribution < -0.4 is 22.2 Å². The van der Waals surface area contributed by atoms with Crippen molar-refractivity contribution in [1.82, 2.24) is 9.13 Å². The van der Waals surface area contributed by atoms with Gasteiger partial charge in [0, 0.05) is 12.6 Å². The maximum Gasteiger partial charge on any atom is 0.262 e. The lowest BCUT2D eigenvalue weighted by Gasteiger charge is -2.18. The van der Waals surface area contributed by atoms with Gasteiger partial charge in [0.1, 0.15) is 0 Å². The topological polar surface area (TPSA) is 78.1 Å². The molecule has 0 aliphatic carbocycles. The van der Waals surface area contributed by atoms with Crippen LogP contribution in [0.3, 0.4) is 0 Å². The fraction of sp³-hybridized carbons (Fsp3) is 0.333. The molecule has 21 heavy (non-hydrogen) atoms. The predicted molar refractivity (Wildman–Crippen MR) is 80.9 cm³/mol. The van der Waals surface area contributed by atoms with Crippen molar-refractivity contribution in [3.05, 3.63) is 53.5 Å². The molecule has 3 aromatic rings. The molecular formula is C15H14N2O4. The lowest BCUT2D eigenvalue weighted by atomic mass is 10.1. The average Bonchev–Trinajstić information content (AvgIpc) is 2.76. The van der Waals surface area contributed by atoms with E-state index in [9.17, 15) is 19.2 Å². The van der Waals surface area contributed by atoms with Gasteiger partial charge in [0.2, 0.25) is 0 Å². The minimum atomic E-state index is -0.664. The van der Waals surface area contributed by atoms with Crippen LogP contribution in [-0.2, 0) is 12.6 Å². The SMILES string of the molecule is Cn1c(=O)c2cc3c(=O)n(C(C)(C)C)c(=O)c3cc2c1=O. The van der Waals surface area contributed by atoms with Gasteiger partial charge < -0.3 is 0 Å². The number of rotatable bonds is 0. The monoisotopic (exact) mass is 286 g/mol. The van der Waals surface area contributed by atoms with Crippen molar-refractivity contribution >= 4 is 21.5 Å². The summed E-state index contributed by atoms with van der Waals surface area (Å²) in [5.41, 5.74) is -2.43. The molecule has 0 aliphatic rings. The van der Waals surface area contributed by atoms with Gasteiger partial charge in [-0.05, 0) is 32.9 Å². The molecule has 0 saturated carbocycles. The first-order valence-electron chi connectivity index (χ1n) is 6.54. The number of benzene rings is 1. The molecule has 3 rings (SSSR count). The van der Waals surface area contributed by atoms with Crippen LogP contribution in [-0.4, -0.2) is 9.13 Å². The van der Waals surface area contributed by atoms with Crippen molar-refractivity contribution in [2.75, 3.05) is 0 Å². The number of nitrogens with zero attached hydrogens (tertiary/aromatic N) is 2. The first kappa shape index (κ1) is 13.5. The van der Waals surface area contributed by atoms with Gasteiger partial charge in [0.25, 0.3) is 22.2 Å². The van der Waals surface area contributed by atoms with Gasteiger partial charge in [-0.1, -0.05) is 0 Å². The Morgan fingerprint density at radius 3 is 1.38 bits per heavy atom. The molecule has 0 N–H and O–H groups in total. The van der Waals surface area contributed by atoms with Crippen LogP contribution in [0, 0.1) is 0 Å². The molecule has 2 aromatic heterocycles. The van der Waals surface area contributed by atoms with Crippen molar-refractivity contribution < 1.29 is 0 Å². The zero-order valence-electron chi connectivity index (χ0n) is 12.2. The predicted octanol–water partition coefficient (Wildman–Crippen LogP) is 0.204. The van der Waals surface area contributed by atoms with Crippen molar-refractivity contribution in [3.63, 3.8) is 0 Å². The van der Waals surface area contributed by atoms with Gasteiger partial charge in [0.15, 0.2) is 0 Å². The highest BCUT2D eigenvalue weighted by Gasteiger charge is 2.24. The van der Waals surface area contributed by atoms with E-state index >= 15 is 0 Å². The van der Waals surface area contributed by atoms with E-state index in [1.165, 1.54) is 19.2 Å². The molecule has 0 aliphatic heterocycles. The summed E-state index contributed by atoms with van der Waals surface area (Å²) in [6.45, 7) is 5.27. The molecule has 2 heterocycles. The van der Waals surface area contributed by atoms with E-state index in [4.69, 9.17) is 0 Å². The van der Waals surface area contributed by atoms with Gasteiger partial charge in [-0.2, -0.15) is 0 Å². The molecule has 0 saturated heterocycles. The van der Waals surface area contributed by atoms with Crippen LogP contribution in [0.2, 0.25) is 0 Å². The molecule has 0 bridgehead atoms. The Balaban J connectivity index is 2.65. The maximum atomic E-state index is 12.4. The summed E-state index contributed by atoms with van der Waals surface area (Å²) in [5.74, 6) is 0. The zero-order valence-corrected chi connectivity index (χ0v) is 12.2. The number of aromatic nitrogens is 2. The third-order valence-corrected chi connectivity index (χ3v) is 3.77. The van der Waals surface area contributed by atoms with Crippen molar-refractivity contribution in [2.24, 2.45) is 7.05 Å². The molecule has 0 atom stereocenters. The molecule has 6 heteroatoms. The quantitative estimate of drug-likeness (QED) is 0.591. The highest BCUT2D eigenvalue weighted by molar-refractivity contribution is 5.97. The minimum Gasteiger partial charge on any atom is -0.277 e. The first-order chi connectivity index (χ1) is 9.64. The molecule has 0 amide bonds. The zero-order chi connectivity index (χ0) is 15.7. The third kappa shape index (κ3) is 1.59. The van der Waals surface area contributed by atoms with Crippen LogP contribution >= 0.6 is 0 Å². The summed E-state index contributed by atoms with van der Waals surface area (Å²) < 4.78 is 2.14. The second-order valence-electron chi connectivity index (χ2n) is 6.23. The van der Waals surface area contributed by atoms with Crippen molar-refractivity contribution in [1.29, 1.82) is 0 Å². The summed E-state index contributed by atoms with van der Waals surface area (Å²) >= 11 is 0. The second-order valence-corrected chi connectivity index (χ2v) is 6.23. The van der Waals surface area contributed by atoms with E-state index in [1.807, 2.05) is 0 Å². The lowest BCUT2D eigenvalue weighted by molar-refractivity contribution is 0.380. The van der Waals surface area contributed by atoms with Gasteiger partial charge in [0.05, 0.1) is 21.5 Å². The Bertz CT molecular complexity index is 1020. The third-order valence-electron chi connectivity index (χ3n) is 3.77. The Labute approximate surface area is 118 Å². The molecule has 0 unspecified atom stereocenters. The Hall–Kier alpha value is -2.50. The summed E-state index contributed by atoms with van der Waals surface area (Å²) in [5, 5.41) is 0.728. The first-order valence-corrected chi connectivity index (χ1v) is 6.54. The van der Waals surface area contributed by atoms with Crippen molar-refractivity contribution in [3.8, 4) is 0 Å². The van der Waals surface area contributed by atoms with Crippen LogP contribution in [0.15, 0.2) is 31.3 Å². The molecule has 0 fully saturated rings. The summed E-state index contributed by atoms with van der Waals surface area (Å²) in [4.78, 5) is 48.8. The van der Waals surface area contributed by atoms with Gasteiger partial charge >= 0.3 is 0 Å². The van der Waals surface area contributed by atoms with Crippen LogP contribution in [0.25, 0.3) is 21.5 Å². The van der Waals surface area contributed by atoms with Gasteiger partial charge in [-0.25, -0.2) is 0 Å².